The van der Waals surface area contributed by atoms with Crippen LogP contribution >= 0.6 is 0 Å². The molecule has 0 saturated carbocycles. The topological polar surface area (TPSA) is 135 Å². The fourth-order valence-corrected chi connectivity index (χ4v) is 3.25. The van der Waals surface area contributed by atoms with Gasteiger partial charge in [-0.05, 0) is 12.1 Å². The summed E-state index contributed by atoms with van der Waals surface area (Å²) in [5.74, 6) is -1.21. The maximum absolute atomic E-state index is 12.4. The monoisotopic (exact) mass is 359 g/mol. The number of hydrogen-bond donors (Lipinski definition) is 2. The molecule has 10 nitrogen and oxygen atoms in total. The number of rotatable bonds is 2. The molecule has 2 amide bonds. The van der Waals surface area contributed by atoms with Crippen molar-refractivity contribution in [2.24, 2.45) is 0 Å². The van der Waals surface area contributed by atoms with Gasteiger partial charge in [-0.1, -0.05) is 0 Å². The average molecular weight is 359 g/mol. The van der Waals surface area contributed by atoms with Crippen LogP contribution in [-0.2, 0) is 4.74 Å². The third-order valence-corrected chi connectivity index (χ3v) is 4.54. The summed E-state index contributed by atoms with van der Waals surface area (Å²) in [5, 5.41) is 0. The summed E-state index contributed by atoms with van der Waals surface area (Å²) in [7, 11) is 0. The summed E-state index contributed by atoms with van der Waals surface area (Å²) in [6.07, 6.45) is 2.54. The average Bonchev–Trinajstić information content (AvgIpc) is 3.05. The van der Waals surface area contributed by atoms with E-state index >= 15 is 0 Å². The highest BCUT2D eigenvalue weighted by atomic mass is 16.5. The molecule has 0 aliphatic carbocycles. The molecule has 10 heteroatoms. The number of amides is 2. The van der Waals surface area contributed by atoms with Gasteiger partial charge in [0.25, 0.3) is 11.8 Å². The Balaban J connectivity index is 1.41. The lowest BCUT2D eigenvalue weighted by atomic mass is 9.91. The van der Waals surface area contributed by atoms with Crippen LogP contribution in [-0.4, -0.2) is 70.0 Å². The fraction of sp³-hybridized carbons (Fsp3) is 0.375. The van der Waals surface area contributed by atoms with Crippen molar-refractivity contribution in [1.29, 1.82) is 0 Å². The predicted molar refractivity (Wildman–Crippen MR) is 88.5 cm³/mol. The molecule has 2 aromatic heterocycles. The van der Waals surface area contributed by atoms with E-state index in [-0.39, 0.29) is 17.5 Å². The highest BCUT2D eigenvalue weighted by Gasteiger charge is 2.50. The van der Waals surface area contributed by atoms with Gasteiger partial charge in [0.2, 0.25) is 0 Å². The number of nitrogens with two attached hydrogens (primary N) is 1. The van der Waals surface area contributed by atoms with E-state index in [1.807, 2.05) is 0 Å². The number of carbonyl (C=O) groups excluding carboxylic acids is 2. The minimum absolute atomic E-state index is 0.102. The molecule has 0 atom stereocenters. The van der Waals surface area contributed by atoms with Gasteiger partial charge >= 0.3 is 5.76 Å². The van der Waals surface area contributed by atoms with Gasteiger partial charge in [-0.2, -0.15) is 0 Å². The van der Waals surface area contributed by atoms with Crippen LogP contribution in [0.25, 0.3) is 0 Å². The molecule has 4 rings (SSSR count). The molecular weight excluding hydrogens is 342 g/mol. The van der Waals surface area contributed by atoms with Gasteiger partial charge in [-0.25, -0.2) is 9.78 Å². The summed E-state index contributed by atoms with van der Waals surface area (Å²) >= 11 is 0. The lowest BCUT2D eigenvalue weighted by Crippen LogP contribution is -2.71. The third kappa shape index (κ3) is 2.84. The van der Waals surface area contributed by atoms with Crippen molar-refractivity contribution in [3.63, 3.8) is 0 Å². The van der Waals surface area contributed by atoms with Crippen LogP contribution in [0, 0.1) is 0 Å². The van der Waals surface area contributed by atoms with Gasteiger partial charge in [-0.15, -0.1) is 0 Å². The molecule has 2 aliphatic rings. The molecule has 1 spiro atoms. The lowest BCUT2D eigenvalue weighted by molar-refractivity contribution is -0.164. The van der Waals surface area contributed by atoms with Crippen molar-refractivity contribution in [2.75, 3.05) is 38.5 Å². The number of oxazole rings is 1. The molecule has 3 N–H and O–H groups in total. The van der Waals surface area contributed by atoms with Crippen LogP contribution in [0.15, 0.2) is 33.8 Å². The molecule has 2 fully saturated rings. The van der Waals surface area contributed by atoms with E-state index in [4.69, 9.17) is 10.5 Å². The molecule has 0 radical (unpaired) electrons. The number of hydrogen-bond acceptors (Lipinski definition) is 7. The Morgan fingerprint density at radius 2 is 1.96 bits per heavy atom. The molecule has 26 heavy (non-hydrogen) atoms. The van der Waals surface area contributed by atoms with Crippen molar-refractivity contribution in [3.8, 4) is 0 Å². The minimum Gasteiger partial charge on any atom is -0.416 e. The Morgan fingerprint density at radius 3 is 2.62 bits per heavy atom. The molecule has 0 aromatic carbocycles. The number of ether oxygens (including phenoxy) is 1. The molecule has 136 valence electrons. The zero-order valence-electron chi connectivity index (χ0n) is 13.8. The van der Waals surface area contributed by atoms with E-state index in [1.165, 1.54) is 6.20 Å². The Labute approximate surface area is 147 Å². The number of nitrogens with one attached hydrogen (secondary N) is 1. The molecule has 2 aromatic rings. The lowest BCUT2D eigenvalue weighted by Gasteiger charge is -2.53. The van der Waals surface area contributed by atoms with E-state index in [1.54, 1.807) is 21.9 Å². The van der Waals surface area contributed by atoms with Gasteiger partial charge in [-0.3, -0.25) is 14.6 Å². The number of morpholine rings is 1. The van der Waals surface area contributed by atoms with Crippen molar-refractivity contribution in [1.82, 2.24) is 19.8 Å². The van der Waals surface area contributed by atoms with Gasteiger partial charge in [0.1, 0.15) is 23.3 Å². The van der Waals surface area contributed by atoms with E-state index in [0.29, 0.717) is 44.2 Å². The van der Waals surface area contributed by atoms with Crippen LogP contribution < -0.4 is 11.5 Å². The maximum atomic E-state index is 12.4. The molecule has 2 aliphatic heterocycles. The van der Waals surface area contributed by atoms with Crippen molar-refractivity contribution < 1.29 is 18.7 Å². The summed E-state index contributed by atoms with van der Waals surface area (Å²) in [5.41, 5.74) is 5.89. The largest absolute Gasteiger partial charge is 0.416 e. The van der Waals surface area contributed by atoms with E-state index in [0.717, 1.165) is 6.26 Å². The van der Waals surface area contributed by atoms with Crippen molar-refractivity contribution in [2.45, 2.75) is 5.60 Å². The molecular formula is C16H17N5O5. The summed E-state index contributed by atoms with van der Waals surface area (Å²) in [6.45, 7) is 1.82. The van der Waals surface area contributed by atoms with Crippen LogP contribution in [0.1, 0.15) is 21.0 Å². The van der Waals surface area contributed by atoms with Crippen LogP contribution in [0.3, 0.4) is 0 Å². The smallest absolute Gasteiger partial charge is 0.416 e. The second kappa shape index (κ2) is 5.99. The first-order chi connectivity index (χ1) is 12.5. The van der Waals surface area contributed by atoms with E-state index < -0.39 is 11.4 Å². The van der Waals surface area contributed by atoms with Crippen molar-refractivity contribution >= 4 is 17.5 Å². The van der Waals surface area contributed by atoms with Crippen LogP contribution in [0.5, 0.6) is 0 Å². The van der Waals surface area contributed by atoms with Gasteiger partial charge in [0.05, 0.1) is 38.1 Å². The number of nitrogens with zero attached hydrogens (tertiary/aromatic N) is 3. The van der Waals surface area contributed by atoms with Crippen LogP contribution in [0.4, 0.5) is 5.69 Å². The Hall–Kier alpha value is -3.14. The highest BCUT2D eigenvalue weighted by molar-refractivity contribution is 5.94. The first-order valence-corrected chi connectivity index (χ1v) is 8.08. The number of H-pyrrole nitrogens is 1. The quantitative estimate of drug-likeness (QED) is 0.725. The highest BCUT2D eigenvalue weighted by Crippen LogP contribution is 2.30. The molecule has 2 saturated heterocycles. The minimum atomic E-state index is -0.673. The zero-order valence-corrected chi connectivity index (χ0v) is 13.8. The number of likely N-dealkylation sites (tertiary alicyclic amines) is 1. The number of pyridine rings is 1. The zero-order chi connectivity index (χ0) is 18.3. The van der Waals surface area contributed by atoms with Gasteiger partial charge in [0.15, 0.2) is 0 Å². The second-order valence-electron chi connectivity index (χ2n) is 6.46. The molecule has 0 unspecified atom stereocenters. The number of aromatic nitrogens is 2. The SMILES string of the molecule is Nc1ccc(C(=O)N2CC3(C2)CN(C(=O)c2coc(=O)[nH]2)CCO3)nc1. The Bertz CT molecular complexity index is 896. The summed E-state index contributed by atoms with van der Waals surface area (Å²) < 4.78 is 10.5. The van der Waals surface area contributed by atoms with Gasteiger partial charge in [0, 0.05) is 6.54 Å². The van der Waals surface area contributed by atoms with Crippen molar-refractivity contribution in [3.05, 3.63) is 46.5 Å². The maximum Gasteiger partial charge on any atom is 0.416 e. The van der Waals surface area contributed by atoms with E-state index in [2.05, 4.69) is 14.4 Å². The second-order valence-corrected chi connectivity index (χ2v) is 6.46. The number of carbonyl (C=O) groups is 2. The fourth-order valence-electron chi connectivity index (χ4n) is 3.25. The predicted octanol–water partition coefficient (Wildman–Crippen LogP) is -0.688. The number of nitrogen functional groups attached to an aromatic ring is 1. The van der Waals surface area contributed by atoms with E-state index in [9.17, 15) is 14.4 Å². The van der Waals surface area contributed by atoms with Gasteiger partial charge < -0.3 is 24.7 Å². The third-order valence-electron chi connectivity index (χ3n) is 4.54. The summed E-state index contributed by atoms with van der Waals surface area (Å²) in [6, 6.07) is 3.20. The Kier molecular flexibility index (Phi) is 3.76. The molecule has 4 heterocycles. The summed E-state index contributed by atoms with van der Waals surface area (Å²) in [4.78, 5) is 45.6. The molecule has 0 bridgehead atoms. The first kappa shape index (κ1) is 16.3. The van der Waals surface area contributed by atoms with Crippen LogP contribution in [0.2, 0.25) is 0 Å². The number of anilines is 1. The first-order valence-electron chi connectivity index (χ1n) is 8.08. The Morgan fingerprint density at radius 1 is 1.19 bits per heavy atom. The number of aromatic amines is 1. The standard InChI is InChI=1S/C16H17N5O5/c17-10-1-2-11(18-5-10)13(22)21-8-16(9-21)7-20(3-4-26-16)14(23)12-6-25-15(24)19-12/h1-2,5-6H,3-4,7-9,17H2,(H,19,24). The normalized spacial score (nSPS) is 18.6.